The maximum Gasteiger partial charge on any atom is 0.255 e. The average Bonchev–Trinajstić information content (AvgIpc) is 3.44. The van der Waals surface area contributed by atoms with E-state index in [-0.39, 0.29) is 47.3 Å². The van der Waals surface area contributed by atoms with Gasteiger partial charge in [0.25, 0.3) is 5.91 Å². The number of ketones is 1. The summed E-state index contributed by atoms with van der Waals surface area (Å²) in [5, 5.41) is 3.06. The zero-order valence-electron chi connectivity index (χ0n) is 22.2. The largest absolute Gasteiger partial charge is 0.497 e. The van der Waals surface area contributed by atoms with Gasteiger partial charge in [-0.25, -0.2) is 4.98 Å². The van der Waals surface area contributed by atoms with Crippen molar-refractivity contribution in [2.75, 3.05) is 31.0 Å². The first-order valence-corrected chi connectivity index (χ1v) is 12.4. The number of methoxy groups -OCH3 is 2. The monoisotopic (exact) mass is 546 g/mol. The predicted octanol–water partition coefficient (Wildman–Crippen LogP) is 2.88. The van der Waals surface area contributed by atoms with Crippen LogP contribution in [0.1, 0.15) is 28.8 Å². The van der Waals surface area contributed by atoms with Crippen LogP contribution >= 0.6 is 0 Å². The lowest BCUT2D eigenvalue weighted by atomic mass is 10.1. The normalized spacial score (nSPS) is 14.3. The summed E-state index contributed by atoms with van der Waals surface area (Å²) in [6.45, 7) is 4.21. The number of carbonyl (C=O) groups excluding carboxylic acids is 3. The molecule has 4 rings (SSSR count). The summed E-state index contributed by atoms with van der Waals surface area (Å²) in [4.78, 5) is 46.6. The van der Waals surface area contributed by atoms with Crippen LogP contribution < -0.4 is 35.9 Å². The maximum absolute atomic E-state index is 12.1. The van der Waals surface area contributed by atoms with Crippen molar-refractivity contribution in [1.82, 2.24) is 9.97 Å². The molecule has 208 valence electrons. The number of carbonyl (C=O) groups is 3. The van der Waals surface area contributed by atoms with E-state index in [1.807, 2.05) is 11.0 Å². The molecule has 1 aromatic heterocycles. The zero-order valence-corrected chi connectivity index (χ0v) is 22.2. The van der Waals surface area contributed by atoms with Crippen LogP contribution in [-0.2, 0) is 16.0 Å². The van der Waals surface area contributed by atoms with E-state index in [1.165, 1.54) is 26.5 Å². The van der Waals surface area contributed by atoms with Gasteiger partial charge in [0.1, 0.15) is 28.9 Å². The molecule has 1 atom stereocenters. The van der Waals surface area contributed by atoms with Gasteiger partial charge in [0.05, 0.1) is 19.9 Å². The van der Waals surface area contributed by atoms with Gasteiger partial charge in [-0.15, -0.1) is 0 Å². The molecule has 0 spiro atoms. The van der Waals surface area contributed by atoms with E-state index < -0.39 is 5.91 Å². The highest BCUT2D eigenvalue weighted by molar-refractivity contribution is 5.95. The number of primary amides is 2. The Hall–Kier alpha value is -5.13. The van der Waals surface area contributed by atoms with Crippen LogP contribution in [0.3, 0.4) is 0 Å². The fourth-order valence-electron chi connectivity index (χ4n) is 4.41. The van der Waals surface area contributed by atoms with Crippen molar-refractivity contribution in [1.29, 1.82) is 0 Å². The summed E-state index contributed by atoms with van der Waals surface area (Å²) in [5.74, 6) is -0.147. The van der Waals surface area contributed by atoms with Crippen molar-refractivity contribution in [3.05, 3.63) is 66.4 Å². The molecule has 1 saturated heterocycles. The molecule has 0 unspecified atom stereocenters. The molecule has 2 heterocycles. The van der Waals surface area contributed by atoms with E-state index in [0.717, 1.165) is 12.1 Å². The second-order valence-electron chi connectivity index (χ2n) is 8.96. The maximum atomic E-state index is 12.1. The smallest absolute Gasteiger partial charge is 0.255 e. The molecule has 3 aromatic rings. The van der Waals surface area contributed by atoms with Gasteiger partial charge >= 0.3 is 0 Å². The highest BCUT2D eigenvalue weighted by atomic mass is 16.5. The number of nitrogens with two attached hydrogens (primary N) is 2. The molecule has 1 aliphatic heterocycles. The summed E-state index contributed by atoms with van der Waals surface area (Å²) >= 11 is 0. The minimum Gasteiger partial charge on any atom is -0.497 e. The van der Waals surface area contributed by atoms with Crippen molar-refractivity contribution in [2.24, 2.45) is 11.5 Å². The van der Waals surface area contributed by atoms with E-state index in [4.69, 9.17) is 25.7 Å². The van der Waals surface area contributed by atoms with E-state index in [9.17, 15) is 14.4 Å². The van der Waals surface area contributed by atoms with E-state index in [2.05, 4.69) is 21.9 Å². The molecule has 12 heteroatoms. The number of nitrogens with zero attached hydrogens (tertiary/aromatic N) is 3. The van der Waals surface area contributed by atoms with Crippen molar-refractivity contribution in [3.8, 4) is 23.1 Å². The minimum absolute atomic E-state index is 0.00466. The number of allylic oxidation sites excluding steroid dienone is 1. The molecule has 0 aliphatic carbocycles. The summed E-state index contributed by atoms with van der Waals surface area (Å²) in [5.41, 5.74) is 12.9. The Bertz CT molecular complexity index is 1460. The van der Waals surface area contributed by atoms with E-state index in [1.54, 1.807) is 30.3 Å². The topological polar surface area (TPSA) is 172 Å². The molecule has 5 N–H and O–H groups in total. The third-order valence-electron chi connectivity index (χ3n) is 6.43. The third-order valence-corrected chi connectivity index (χ3v) is 6.43. The highest BCUT2D eigenvalue weighted by Crippen LogP contribution is 2.35. The Balaban J connectivity index is 1.65. The summed E-state index contributed by atoms with van der Waals surface area (Å²) in [6, 6.07) is 9.91. The average molecular weight is 547 g/mol. The molecule has 1 aliphatic rings. The number of ether oxygens (including phenoxy) is 3. The van der Waals surface area contributed by atoms with Gasteiger partial charge in [0, 0.05) is 36.5 Å². The highest BCUT2D eigenvalue weighted by Gasteiger charge is 2.29. The Kier molecular flexibility index (Phi) is 8.48. The van der Waals surface area contributed by atoms with Gasteiger partial charge in [0.2, 0.25) is 17.7 Å². The molecule has 1 fully saturated rings. The Morgan fingerprint density at radius 1 is 1.12 bits per heavy atom. The van der Waals surface area contributed by atoms with Gasteiger partial charge in [-0.05, 0) is 49.2 Å². The molecule has 40 heavy (non-hydrogen) atoms. The van der Waals surface area contributed by atoms with Crippen LogP contribution in [0.4, 0.5) is 17.3 Å². The van der Waals surface area contributed by atoms with Crippen molar-refractivity contribution < 1.29 is 28.6 Å². The Morgan fingerprint density at radius 2 is 1.93 bits per heavy atom. The molecule has 2 amide bonds. The zero-order chi connectivity index (χ0) is 28.8. The summed E-state index contributed by atoms with van der Waals surface area (Å²) < 4.78 is 16.8. The number of benzene rings is 2. The standard InChI is InChI=1S/C28H30N6O6/c1-4-18(35)12-16-13-19(38-2)8-10-23(16)40-27-20(25(29)36)15-31-28(33-27)32-21-9-7-17(14-24(21)39-3)34-11-5-6-22(34)26(30)37/h4,7-10,13-15,22H,1,5-6,11-12H2,2-3H3,(H2,29,36)(H2,30,37)(H,31,32,33)/t22-/m1/s1. The second kappa shape index (κ2) is 12.2. The summed E-state index contributed by atoms with van der Waals surface area (Å²) in [6.07, 6.45) is 4.00. The molecule has 12 nitrogen and oxygen atoms in total. The lowest BCUT2D eigenvalue weighted by Crippen LogP contribution is -2.40. The van der Waals surface area contributed by atoms with Gasteiger partial charge in [-0.3, -0.25) is 14.4 Å². The Labute approximate surface area is 230 Å². The molecule has 2 aromatic carbocycles. The first kappa shape index (κ1) is 27.9. The second-order valence-corrected chi connectivity index (χ2v) is 8.96. The SMILES string of the molecule is C=CC(=O)Cc1cc(OC)ccc1Oc1nc(Nc2ccc(N3CCC[C@@H]3C(N)=O)cc2OC)ncc1C(N)=O. The molecule has 0 saturated carbocycles. The molecule has 0 radical (unpaired) electrons. The number of nitrogens with one attached hydrogen (secondary N) is 1. The van der Waals surface area contributed by atoms with E-state index in [0.29, 0.717) is 35.7 Å². The lowest BCUT2D eigenvalue weighted by molar-refractivity contribution is -0.119. The van der Waals surface area contributed by atoms with Gasteiger partial charge in [-0.2, -0.15) is 4.98 Å². The third kappa shape index (κ3) is 6.12. The van der Waals surface area contributed by atoms with Crippen LogP contribution in [0.15, 0.2) is 55.3 Å². The van der Waals surface area contributed by atoms with Crippen molar-refractivity contribution in [3.63, 3.8) is 0 Å². The van der Waals surface area contributed by atoms with Crippen molar-refractivity contribution in [2.45, 2.75) is 25.3 Å². The predicted molar refractivity (Wildman–Crippen MR) is 148 cm³/mol. The van der Waals surface area contributed by atoms with Gasteiger partial charge in [-0.1, -0.05) is 6.58 Å². The van der Waals surface area contributed by atoms with Gasteiger partial charge < -0.3 is 35.9 Å². The number of hydrogen-bond acceptors (Lipinski definition) is 10. The van der Waals surface area contributed by atoms with Crippen LogP contribution in [-0.4, -0.2) is 54.4 Å². The fraction of sp³-hybridized carbons (Fsp3) is 0.250. The first-order chi connectivity index (χ1) is 19.2. The molecular weight excluding hydrogens is 516 g/mol. The fourth-order valence-corrected chi connectivity index (χ4v) is 4.41. The number of anilines is 3. The molecular formula is C28H30N6O6. The van der Waals surface area contributed by atoms with Crippen molar-refractivity contribution >= 4 is 34.9 Å². The van der Waals surface area contributed by atoms with Crippen LogP contribution in [0, 0.1) is 0 Å². The minimum atomic E-state index is -0.796. The number of amides is 2. The lowest BCUT2D eigenvalue weighted by Gasteiger charge is -2.25. The molecule has 0 bridgehead atoms. The number of rotatable bonds is 12. The van der Waals surface area contributed by atoms with E-state index >= 15 is 0 Å². The first-order valence-electron chi connectivity index (χ1n) is 12.4. The number of aromatic nitrogens is 2. The van der Waals surface area contributed by atoms with Gasteiger partial charge in [0.15, 0.2) is 5.78 Å². The quantitative estimate of drug-likeness (QED) is 0.287. The Morgan fingerprint density at radius 3 is 2.60 bits per heavy atom. The van der Waals surface area contributed by atoms with Crippen LogP contribution in [0.2, 0.25) is 0 Å². The van der Waals surface area contributed by atoms with Crippen LogP contribution in [0.5, 0.6) is 23.1 Å². The summed E-state index contributed by atoms with van der Waals surface area (Å²) in [7, 11) is 3.02. The van der Waals surface area contributed by atoms with Crippen LogP contribution in [0.25, 0.3) is 0 Å². The number of hydrogen-bond donors (Lipinski definition) is 3.